The molecular weight excluding hydrogens is 404 g/mol. The van der Waals surface area contributed by atoms with Gasteiger partial charge in [-0.15, -0.1) is 0 Å². The molecule has 28 heavy (non-hydrogen) atoms. The van der Waals surface area contributed by atoms with Crippen molar-refractivity contribution >= 4 is 34.3 Å². The summed E-state index contributed by atoms with van der Waals surface area (Å²) in [4.78, 5) is 17.1. The maximum Gasteiger partial charge on any atom is 0.278 e. The highest BCUT2D eigenvalue weighted by atomic mass is 35.5. The van der Waals surface area contributed by atoms with Crippen LogP contribution in [0.4, 0.5) is 8.78 Å². The minimum atomic E-state index is -1.20. The second-order valence-corrected chi connectivity index (χ2v) is 7.43. The third-order valence-electron chi connectivity index (χ3n) is 4.09. The Hall–Kier alpha value is -2.77. The van der Waals surface area contributed by atoms with Crippen molar-refractivity contribution in [3.63, 3.8) is 0 Å². The van der Waals surface area contributed by atoms with Crippen LogP contribution in [0.5, 0.6) is 0 Å². The molecule has 1 atom stereocenters. The van der Waals surface area contributed by atoms with Crippen LogP contribution in [0.25, 0.3) is 0 Å². The van der Waals surface area contributed by atoms with Crippen molar-refractivity contribution in [1.29, 1.82) is 0 Å². The fraction of sp³-hybridized carbons (Fsp3) is 0.0500. The van der Waals surface area contributed by atoms with E-state index >= 15 is 0 Å². The van der Waals surface area contributed by atoms with E-state index in [1.54, 1.807) is 48.8 Å². The van der Waals surface area contributed by atoms with Crippen LogP contribution in [0.3, 0.4) is 0 Å². The minimum Gasteiger partial charge on any atom is -0.267 e. The van der Waals surface area contributed by atoms with Crippen molar-refractivity contribution in [2.24, 2.45) is 5.10 Å². The van der Waals surface area contributed by atoms with E-state index in [0.29, 0.717) is 15.6 Å². The molecule has 0 fully saturated rings. The maximum atomic E-state index is 14.2. The molecule has 1 aliphatic rings. The van der Waals surface area contributed by atoms with E-state index in [2.05, 4.69) is 10.1 Å². The van der Waals surface area contributed by atoms with E-state index in [1.807, 2.05) is 0 Å². The Labute approximate surface area is 168 Å². The van der Waals surface area contributed by atoms with Crippen LogP contribution in [0.2, 0.25) is 5.02 Å². The number of hydrazone groups is 1. The third kappa shape index (κ3) is 3.50. The summed E-state index contributed by atoms with van der Waals surface area (Å²) < 4.78 is 27.8. The second kappa shape index (κ2) is 7.69. The predicted octanol–water partition coefficient (Wildman–Crippen LogP) is 5.26. The normalized spacial score (nSPS) is 16.2. The van der Waals surface area contributed by atoms with E-state index in [9.17, 15) is 13.6 Å². The zero-order chi connectivity index (χ0) is 19.7. The average Bonchev–Trinajstić information content (AvgIpc) is 3.16. The third-order valence-corrected chi connectivity index (χ3v) is 5.58. The van der Waals surface area contributed by atoms with Gasteiger partial charge in [0, 0.05) is 28.5 Å². The van der Waals surface area contributed by atoms with E-state index in [0.717, 1.165) is 16.6 Å². The van der Waals surface area contributed by atoms with Crippen LogP contribution < -0.4 is 0 Å². The number of hydrogen-bond donors (Lipinski definition) is 0. The quantitative estimate of drug-likeness (QED) is 0.586. The molecule has 0 bridgehead atoms. The Bertz CT molecular complexity index is 1060. The van der Waals surface area contributed by atoms with Gasteiger partial charge in [-0.1, -0.05) is 47.6 Å². The Morgan fingerprint density at radius 3 is 2.57 bits per heavy atom. The van der Waals surface area contributed by atoms with Crippen molar-refractivity contribution in [1.82, 2.24) is 9.99 Å². The molecule has 1 amide bonds. The van der Waals surface area contributed by atoms with Crippen molar-refractivity contribution < 1.29 is 13.6 Å². The summed E-state index contributed by atoms with van der Waals surface area (Å²) in [6, 6.07) is 14.0. The number of carbonyl (C=O) groups is 1. The summed E-state index contributed by atoms with van der Waals surface area (Å²) in [5.41, 5.74) is 1.10. The first-order valence-electron chi connectivity index (χ1n) is 8.23. The Morgan fingerprint density at radius 1 is 1.07 bits per heavy atom. The summed E-state index contributed by atoms with van der Waals surface area (Å²) in [7, 11) is 0. The number of nitrogens with zero attached hydrogens (tertiary/aromatic N) is 3. The van der Waals surface area contributed by atoms with Gasteiger partial charge in [0.15, 0.2) is 11.6 Å². The number of amides is 1. The van der Waals surface area contributed by atoms with Crippen molar-refractivity contribution in [2.75, 3.05) is 0 Å². The molecule has 3 aromatic rings. The smallest absolute Gasteiger partial charge is 0.267 e. The van der Waals surface area contributed by atoms with Crippen molar-refractivity contribution in [3.05, 3.63) is 100 Å². The highest BCUT2D eigenvalue weighted by molar-refractivity contribution is 8.14. The minimum absolute atomic E-state index is 0.379. The van der Waals surface area contributed by atoms with E-state index < -0.39 is 22.9 Å². The molecule has 0 spiro atoms. The average molecular weight is 416 g/mol. The summed E-state index contributed by atoms with van der Waals surface area (Å²) >= 11 is 7.26. The molecule has 8 heteroatoms. The van der Waals surface area contributed by atoms with Crippen molar-refractivity contribution in [3.8, 4) is 0 Å². The lowest BCUT2D eigenvalue weighted by Gasteiger charge is -2.21. The number of thioether (sulfide) groups is 1. The lowest BCUT2D eigenvalue weighted by molar-refractivity contribution is 0.0743. The molecular formula is C20H12ClF2N3OS. The monoisotopic (exact) mass is 415 g/mol. The molecule has 1 unspecified atom stereocenters. The molecule has 0 N–H and O–H groups in total. The van der Waals surface area contributed by atoms with Crippen LogP contribution in [-0.4, -0.2) is 20.9 Å². The summed E-state index contributed by atoms with van der Waals surface area (Å²) in [6.45, 7) is 0. The van der Waals surface area contributed by atoms with Gasteiger partial charge in [0.2, 0.25) is 0 Å². The summed E-state index contributed by atoms with van der Waals surface area (Å²) in [5.74, 6) is -3.02. The maximum absolute atomic E-state index is 14.2. The fourth-order valence-electron chi connectivity index (χ4n) is 2.72. The highest BCUT2D eigenvalue weighted by Gasteiger charge is 2.36. The van der Waals surface area contributed by atoms with Gasteiger partial charge in [-0.05, 0) is 30.3 Å². The van der Waals surface area contributed by atoms with Gasteiger partial charge in [0.05, 0.1) is 5.56 Å². The lowest BCUT2D eigenvalue weighted by Crippen LogP contribution is -2.27. The molecule has 4 nitrogen and oxygen atoms in total. The lowest BCUT2D eigenvalue weighted by atomic mass is 10.1. The number of aromatic nitrogens is 1. The number of benzene rings is 2. The number of halogens is 3. The Morgan fingerprint density at radius 2 is 1.86 bits per heavy atom. The zero-order valence-electron chi connectivity index (χ0n) is 14.2. The molecule has 1 aliphatic heterocycles. The van der Waals surface area contributed by atoms with E-state index in [4.69, 9.17) is 11.6 Å². The SMILES string of the molecule is O=C(c1cccc(F)c1F)N1N=C(c2ccc(Cl)cc2)SC1c1cccnc1. The standard InChI is InChI=1S/C20H12ClF2N3OS/c21-14-8-6-12(7-9-14)18-25-26(20(28-18)13-3-2-10-24-11-13)19(27)15-4-1-5-16(22)17(15)23/h1-11,20H. The molecule has 1 aromatic heterocycles. The molecule has 2 heterocycles. The van der Waals surface area contributed by atoms with Gasteiger partial charge < -0.3 is 0 Å². The van der Waals surface area contributed by atoms with Crippen LogP contribution >= 0.6 is 23.4 Å². The number of pyridine rings is 1. The molecule has 140 valence electrons. The van der Waals surface area contributed by atoms with Crippen LogP contribution in [0, 0.1) is 11.6 Å². The van der Waals surface area contributed by atoms with Gasteiger partial charge in [-0.2, -0.15) is 5.10 Å². The van der Waals surface area contributed by atoms with Gasteiger partial charge in [0.25, 0.3) is 5.91 Å². The molecule has 4 rings (SSSR count). The fourth-order valence-corrected chi connectivity index (χ4v) is 3.99. The molecule has 0 radical (unpaired) electrons. The van der Waals surface area contributed by atoms with E-state index in [-0.39, 0.29) is 5.56 Å². The van der Waals surface area contributed by atoms with Crippen LogP contribution in [0.1, 0.15) is 26.9 Å². The summed E-state index contributed by atoms with van der Waals surface area (Å²) in [6.07, 6.45) is 3.22. The van der Waals surface area contributed by atoms with Gasteiger partial charge in [-0.3, -0.25) is 9.78 Å². The largest absolute Gasteiger partial charge is 0.278 e. The Balaban J connectivity index is 1.76. The van der Waals surface area contributed by atoms with Gasteiger partial charge in [0.1, 0.15) is 10.4 Å². The zero-order valence-corrected chi connectivity index (χ0v) is 15.8. The Kier molecular flexibility index (Phi) is 5.11. The predicted molar refractivity (Wildman–Crippen MR) is 105 cm³/mol. The van der Waals surface area contributed by atoms with Crippen molar-refractivity contribution in [2.45, 2.75) is 5.37 Å². The van der Waals surface area contributed by atoms with Gasteiger partial charge in [-0.25, -0.2) is 13.8 Å². The van der Waals surface area contributed by atoms with E-state index in [1.165, 1.54) is 23.9 Å². The number of carbonyl (C=O) groups excluding carboxylic acids is 1. The second-order valence-electron chi connectivity index (χ2n) is 5.92. The molecule has 0 saturated heterocycles. The first kappa shape index (κ1) is 18.6. The molecule has 0 saturated carbocycles. The van der Waals surface area contributed by atoms with Crippen LogP contribution in [0.15, 0.2) is 72.1 Å². The topological polar surface area (TPSA) is 45.6 Å². The number of hydrogen-bond acceptors (Lipinski definition) is 4. The molecule has 2 aromatic carbocycles. The number of rotatable bonds is 3. The first-order valence-corrected chi connectivity index (χ1v) is 9.49. The van der Waals surface area contributed by atoms with Crippen LogP contribution in [-0.2, 0) is 0 Å². The molecule has 0 aliphatic carbocycles. The first-order chi connectivity index (χ1) is 13.5. The van der Waals surface area contributed by atoms with Gasteiger partial charge >= 0.3 is 0 Å². The summed E-state index contributed by atoms with van der Waals surface area (Å²) in [5, 5.41) is 6.13. The highest BCUT2D eigenvalue weighted by Crippen LogP contribution is 2.42.